The van der Waals surface area contributed by atoms with Gasteiger partial charge >= 0.3 is 5.82 Å². The van der Waals surface area contributed by atoms with Gasteiger partial charge in [0.05, 0.1) is 6.54 Å². The Morgan fingerprint density at radius 1 is 1.04 bits per heavy atom. The minimum atomic E-state index is 0.753. The number of benzene rings is 2. The molecule has 1 heterocycles. The number of nitrogens with zero attached hydrogens (tertiary/aromatic N) is 2. The number of hydrogen-bond acceptors (Lipinski definition) is 1. The number of unbranched alkanes of at least 4 members (excludes halogenated alkanes) is 1. The molecule has 0 saturated heterocycles. The second-order valence-electron chi connectivity index (χ2n) is 6.10. The summed E-state index contributed by atoms with van der Waals surface area (Å²) in [6.07, 6.45) is 6.56. The molecule has 1 aromatic heterocycles. The number of imidazole rings is 1. The Balaban J connectivity index is 1.87. The van der Waals surface area contributed by atoms with Crippen molar-refractivity contribution >= 4 is 22.9 Å². The van der Waals surface area contributed by atoms with Crippen LogP contribution in [0.25, 0.3) is 0 Å². The van der Waals surface area contributed by atoms with Gasteiger partial charge < -0.3 is 5.32 Å². The lowest BCUT2D eigenvalue weighted by Gasteiger charge is -2.09. The molecule has 3 rings (SSSR count). The lowest BCUT2D eigenvalue weighted by molar-refractivity contribution is -0.688. The molecule has 0 aliphatic rings. The van der Waals surface area contributed by atoms with Crippen molar-refractivity contribution in [3.8, 4) is 0 Å². The molecule has 0 atom stereocenters. The molecule has 0 spiro atoms. The van der Waals surface area contributed by atoms with E-state index in [4.69, 9.17) is 12.2 Å². The molecule has 0 amide bonds. The predicted octanol–water partition coefficient (Wildman–Crippen LogP) is 4.41. The lowest BCUT2D eigenvalue weighted by atomic mass is 10.2. The highest BCUT2D eigenvalue weighted by Gasteiger charge is 2.22. The fourth-order valence-electron chi connectivity index (χ4n) is 2.85. The van der Waals surface area contributed by atoms with E-state index in [-0.39, 0.29) is 0 Å². The second kappa shape index (κ2) is 8.58. The molecule has 0 radical (unpaired) electrons. The van der Waals surface area contributed by atoms with Crippen molar-refractivity contribution in [3.05, 3.63) is 84.4 Å². The highest BCUT2D eigenvalue weighted by atomic mass is 32.1. The fraction of sp³-hybridized carbons (Fsp3) is 0.238. The van der Waals surface area contributed by atoms with Crippen LogP contribution in [-0.4, -0.2) is 9.56 Å². The molecule has 1 N–H and O–H groups in total. The highest BCUT2D eigenvalue weighted by molar-refractivity contribution is 7.81. The third kappa shape index (κ3) is 4.54. The van der Waals surface area contributed by atoms with Gasteiger partial charge in [-0.25, -0.2) is 9.13 Å². The van der Waals surface area contributed by atoms with Gasteiger partial charge in [0, 0.05) is 5.69 Å². The number of nitrogens with one attached hydrogen (secondary N) is 1. The summed E-state index contributed by atoms with van der Waals surface area (Å²) in [5.74, 6) is 1.05. The SMILES string of the molecule is CCCCn1cc[n+](Cc2ccccc2)c1C(=S)Nc1ccccc1. The average Bonchev–Trinajstić information content (AvgIpc) is 3.04. The van der Waals surface area contributed by atoms with Crippen LogP contribution in [0.4, 0.5) is 5.69 Å². The summed E-state index contributed by atoms with van der Waals surface area (Å²) in [5, 5.41) is 3.38. The van der Waals surface area contributed by atoms with E-state index in [0.717, 1.165) is 42.4 Å². The predicted molar refractivity (Wildman–Crippen MR) is 107 cm³/mol. The van der Waals surface area contributed by atoms with Crippen LogP contribution < -0.4 is 9.88 Å². The van der Waals surface area contributed by atoms with Crippen LogP contribution in [0, 0.1) is 0 Å². The molecule has 4 heteroatoms. The maximum atomic E-state index is 5.75. The standard InChI is InChI=1S/C21H23N3S/c1-2-3-14-23-15-16-24(17-18-10-6-4-7-11-18)21(23)20(25)22-19-12-8-5-9-13-19/h4-13,15-16H,2-3,14,17H2,1H3/p+1. The zero-order valence-electron chi connectivity index (χ0n) is 14.6. The Bertz CT molecular complexity index is 810. The smallest absolute Gasteiger partial charge is 0.317 e. The van der Waals surface area contributed by atoms with E-state index in [1.165, 1.54) is 5.56 Å². The van der Waals surface area contributed by atoms with Crippen LogP contribution in [0.1, 0.15) is 31.2 Å². The Kier molecular flexibility index (Phi) is 5.96. The topological polar surface area (TPSA) is 20.8 Å². The summed E-state index contributed by atoms with van der Waals surface area (Å²) in [5.41, 5.74) is 2.28. The molecule has 25 heavy (non-hydrogen) atoms. The number of aryl methyl sites for hydroxylation is 1. The van der Waals surface area contributed by atoms with E-state index < -0.39 is 0 Å². The molecule has 3 nitrogen and oxygen atoms in total. The normalized spacial score (nSPS) is 10.6. The molecule has 128 valence electrons. The summed E-state index contributed by atoms with van der Waals surface area (Å²) >= 11 is 5.75. The van der Waals surface area contributed by atoms with Crippen LogP contribution in [0.3, 0.4) is 0 Å². The van der Waals surface area contributed by atoms with E-state index in [9.17, 15) is 0 Å². The Hall–Kier alpha value is -2.46. The Labute approximate surface area is 154 Å². The van der Waals surface area contributed by atoms with E-state index in [1.807, 2.05) is 36.4 Å². The molecule has 0 fully saturated rings. The molecule has 2 aromatic carbocycles. The Morgan fingerprint density at radius 2 is 1.72 bits per heavy atom. The van der Waals surface area contributed by atoms with Gasteiger partial charge in [-0.15, -0.1) is 0 Å². The van der Waals surface area contributed by atoms with Crippen molar-refractivity contribution in [2.45, 2.75) is 32.9 Å². The second-order valence-corrected chi connectivity index (χ2v) is 6.51. The van der Waals surface area contributed by atoms with E-state index >= 15 is 0 Å². The van der Waals surface area contributed by atoms with Crippen LogP contribution in [0.5, 0.6) is 0 Å². The molecular formula is C21H24N3S+. The lowest BCUT2D eigenvalue weighted by Crippen LogP contribution is -2.41. The Morgan fingerprint density at radius 3 is 2.40 bits per heavy atom. The van der Waals surface area contributed by atoms with Gasteiger partial charge in [-0.05, 0) is 24.1 Å². The average molecular weight is 351 g/mol. The summed E-state index contributed by atoms with van der Waals surface area (Å²) < 4.78 is 4.48. The van der Waals surface area contributed by atoms with Crippen molar-refractivity contribution in [1.29, 1.82) is 0 Å². The third-order valence-electron chi connectivity index (χ3n) is 4.15. The molecule has 3 aromatic rings. The summed E-state index contributed by atoms with van der Waals surface area (Å²) in [6, 6.07) is 20.6. The van der Waals surface area contributed by atoms with Crippen molar-refractivity contribution in [2.24, 2.45) is 0 Å². The van der Waals surface area contributed by atoms with E-state index in [0.29, 0.717) is 0 Å². The summed E-state index contributed by atoms with van der Waals surface area (Å²) in [6.45, 7) is 4.00. The van der Waals surface area contributed by atoms with Crippen molar-refractivity contribution in [1.82, 2.24) is 4.57 Å². The molecule has 0 aliphatic carbocycles. The molecule has 0 aliphatic heterocycles. The first kappa shape index (κ1) is 17.4. The van der Waals surface area contributed by atoms with Gasteiger partial charge in [0.2, 0.25) is 0 Å². The van der Waals surface area contributed by atoms with Crippen LogP contribution >= 0.6 is 12.2 Å². The fourth-order valence-corrected chi connectivity index (χ4v) is 3.21. The first-order chi connectivity index (χ1) is 12.3. The van der Waals surface area contributed by atoms with Gasteiger partial charge in [-0.2, -0.15) is 0 Å². The first-order valence-corrected chi connectivity index (χ1v) is 9.17. The number of anilines is 1. The zero-order valence-corrected chi connectivity index (χ0v) is 15.4. The zero-order chi connectivity index (χ0) is 17.5. The molecule has 0 bridgehead atoms. The largest absolute Gasteiger partial charge is 0.340 e. The molecular weight excluding hydrogens is 326 g/mol. The summed E-state index contributed by atoms with van der Waals surface area (Å²) in [7, 11) is 0. The molecule has 0 unspecified atom stereocenters. The van der Waals surface area contributed by atoms with Gasteiger partial charge in [-0.3, -0.25) is 0 Å². The maximum absolute atomic E-state index is 5.75. The van der Waals surface area contributed by atoms with E-state index in [2.05, 4.69) is 58.0 Å². The quantitative estimate of drug-likeness (QED) is 0.503. The molecule has 0 saturated carbocycles. The van der Waals surface area contributed by atoms with Crippen LogP contribution in [0.15, 0.2) is 73.1 Å². The van der Waals surface area contributed by atoms with Crippen LogP contribution in [-0.2, 0) is 13.1 Å². The monoisotopic (exact) mass is 350 g/mol. The highest BCUT2D eigenvalue weighted by Crippen LogP contribution is 2.10. The summed E-state index contributed by atoms with van der Waals surface area (Å²) in [4.78, 5) is 0.753. The van der Waals surface area contributed by atoms with Crippen molar-refractivity contribution < 1.29 is 4.57 Å². The number of thiocarbonyl (C=S) groups is 1. The van der Waals surface area contributed by atoms with Gasteiger partial charge in [0.15, 0.2) is 4.99 Å². The van der Waals surface area contributed by atoms with E-state index in [1.54, 1.807) is 0 Å². The van der Waals surface area contributed by atoms with Gasteiger partial charge in [0.25, 0.3) is 0 Å². The number of para-hydroxylation sites is 1. The first-order valence-electron chi connectivity index (χ1n) is 8.77. The van der Waals surface area contributed by atoms with Gasteiger partial charge in [-0.1, -0.05) is 74.1 Å². The minimum Gasteiger partial charge on any atom is -0.340 e. The minimum absolute atomic E-state index is 0.753. The van der Waals surface area contributed by atoms with Crippen molar-refractivity contribution in [2.75, 3.05) is 5.32 Å². The maximum Gasteiger partial charge on any atom is 0.317 e. The number of aromatic nitrogens is 2. The van der Waals surface area contributed by atoms with Gasteiger partial charge in [0.1, 0.15) is 18.9 Å². The van der Waals surface area contributed by atoms with Crippen molar-refractivity contribution in [3.63, 3.8) is 0 Å². The van der Waals surface area contributed by atoms with Crippen LogP contribution in [0.2, 0.25) is 0 Å². The number of hydrogen-bond donors (Lipinski definition) is 1. The third-order valence-corrected chi connectivity index (χ3v) is 4.44. The number of rotatable bonds is 7.